The van der Waals surface area contributed by atoms with E-state index in [1.807, 2.05) is 0 Å². The standard InChI is InChI=1S/C26H40O2Si/c1-8-20(2)18-23(21-14-16-24(17-15-21)28-26(3,4)5)19-25(29(6,7)27)22-12-10-9-11-13-22/h9-17,20,23,25,27H,8,18-19H2,1-7H3. The fourth-order valence-electron chi connectivity index (χ4n) is 3.98. The van der Waals surface area contributed by atoms with E-state index in [0.29, 0.717) is 11.8 Å². The van der Waals surface area contributed by atoms with Gasteiger partial charge in [0, 0.05) is 5.54 Å². The molecule has 0 fully saturated rings. The van der Waals surface area contributed by atoms with Crippen molar-refractivity contribution in [1.82, 2.24) is 0 Å². The van der Waals surface area contributed by atoms with Crippen LogP contribution in [0.4, 0.5) is 0 Å². The number of benzene rings is 2. The topological polar surface area (TPSA) is 29.5 Å². The van der Waals surface area contributed by atoms with E-state index in [2.05, 4.69) is 102 Å². The van der Waals surface area contributed by atoms with E-state index in [0.717, 1.165) is 18.6 Å². The Kier molecular flexibility index (Phi) is 8.13. The molecule has 3 heteroatoms. The van der Waals surface area contributed by atoms with E-state index in [1.165, 1.54) is 17.5 Å². The monoisotopic (exact) mass is 412 g/mol. The summed E-state index contributed by atoms with van der Waals surface area (Å²) in [5.41, 5.74) is 2.66. The largest absolute Gasteiger partial charge is 0.488 e. The molecule has 0 heterocycles. The summed E-state index contributed by atoms with van der Waals surface area (Å²) in [5.74, 6) is 2.00. The van der Waals surface area contributed by atoms with E-state index >= 15 is 0 Å². The van der Waals surface area contributed by atoms with Crippen molar-refractivity contribution in [2.45, 2.75) is 84.0 Å². The SMILES string of the molecule is CCC(C)CC(CC(c1ccccc1)[Si](C)(C)O)c1ccc(OC(C)(C)C)cc1. The third kappa shape index (κ3) is 7.64. The molecule has 0 aliphatic heterocycles. The van der Waals surface area contributed by atoms with Crippen LogP contribution in [0.3, 0.4) is 0 Å². The first-order chi connectivity index (χ1) is 13.5. The summed E-state index contributed by atoms with van der Waals surface area (Å²) in [6.45, 7) is 15.0. The van der Waals surface area contributed by atoms with Crippen molar-refractivity contribution < 1.29 is 9.53 Å². The van der Waals surface area contributed by atoms with Gasteiger partial charge in [-0.3, -0.25) is 0 Å². The molecule has 0 aliphatic carbocycles. The average Bonchev–Trinajstić information content (AvgIpc) is 2.64. The van der Waals surface area contributed by atoms with Gasteiger partial charge in [0.1, 0.15) is 11.4 Å². The lowest BCUT2D eigenvalue weighted by molar-refractivity contribution is 0.131. The molecule has 160 valence electrons. The van der Waals surface area contributed by atoms with Crippen molar-refractivity contribution in [2.75, 3.05) is 0 Å². The highest BCUT2D eigenvalue weighted by Gasteiger charge is 2.34. The fourth-order valence-corrected chi connectivity index (χ4v) is 5.85. The summed E-state index contributed by atoms with van der Waals surface area (Å²) in [6, 6.07) is 19.2. The zero-order chi connectivity index (χ0) is 21.7. The molecule has 2 nitrogen and oxygen atoms in total. The lowest BCUT2D eigenvalue weighted by Crippen LogP contribution is -2.36. The Morgan fingerprint density at radius 2 is 1.48 bits per heavy atom. The first-order valence-electron chi connectivity index (χ1n) is 11.1. The van der Waals surface area contributed by atoms with Gasteiger partial charge >= 0.3 is 0 Å². The molecule has 0 radical (unpaired) electrons. The van der Waals surface area contributed by atoms with Crippen molar-refractivity contribution in [3.8, 4) is 5.75 Å². The third-order valence-electron chi connectivity index (χ3n) is 5.73. The van der Waals surface area contributed by atoms with Gasteiger partial charge < -0.3 is 9.53 Å². The molecule has 0 amide bonds. The van der Waals surface area contributed by atoms with Crippen LogP contribution in [0.1, 0.15) is 76.5 Å². The maximum atomic E-state index is 11.1. The molecule has 2 aromatic rings. The highest BCUT2D eigenvalue weighted by Crippen LogP contribution is 2.39. The molecule has 0 spiro atoms. The molecule has 0 aromatic heterocycles. The maximum Gasteiger partial charge on any atom is 0.189 e. The van der Waals surface area contributed by atoms with Crippen LogP contribution in [0.15, 0.2) is 54.6 Å². The summed E-state index contributed by atoms with van der Waals surface area (Å²) in [4.78, 5) is 11.1. The Morgan fingerprint density at radius 3 is 1.97 bits per heavy atom. The van der Waals surface area contributed by atoms with Crippen molar-refractivity contribution in [3.05, 3.63) is 65.7 Å². The van der Waals surface area contributed by atoms with Crippen LogP contribution in [0.2, 0.25) is 13.1 Å². The summed E-state index contributed by atoms with van der Waals surface area (Å²) in [6.07, 6.45) is 3.31. The molecule has 0 saturated heterocycles. The molecule has 0 saturated carbocycles. The molecular weight excluding hydrogens is 372 g/mol. The Bertz CT molecular complexity index is 726. The van der Waals surface area contributed by atoms with Crippen LogP contribution in [0.5, 0.6) is 5.75 Å². The van der Waals surface area contributed by atoms with Crippen LogP contribution in [0.25, 0.3) is 0 Å². The van der Waals surface area contributed by atoms with Crippen molar-refractivity contribution >= 4 is 8.32 Å². The molecule has 3 unspecified atom stereocenters. The van der Waals surface area contributed by atoms with Gasteiger partial charge in [0.05, 0.1) is 0 Å². The number of rotatable bonds is 9. The van der Waals surface area contributed by atoms with E-state index in [1.54, 1.807) is 0 Å². The van der Waals surface area contributed by atoms with Crippen LogP contribution in [-0.2, 0) is 0 Å². The minimum atomic E-state index is -2.35. The highest BCUT2D eigenvalue weighted by molar-refractivity contribution is 6.71. The van der Waals surface area contributed by atoms with E-state index in [9.17, 15) is 4.80 Å². The van der Waals surface area contributed by atoms with Gasteiger partial charge in [-0.15, -0.1) is 0 Å². The summed E-state index contributed by atoms with van der Waals surface area (Å²) < 4.78 is 6.01. The first-order valence-corrected chi connectivity index (χ1v) is 14.1. The summed E-state index contributed by atoms with van der Waals surface area (Å²) in [5, 5.41) is 0. The fraction of sp³-hybridized carbons (Fsp3) is 0.538. The number of hydrogen-bond donors (Lipinski definition) is 1. The summed E-state index contributed by atoms with van der Waals surface area (Å²) >= 11 is 0. The van der Waals surface area contributed by atoms with Crippen molar-refractivity contribution in [2.24, 2.45) is 5.92 Å². The Hall–Kier alpha value is -1.58. The lowest BCUT2D eigenvalue weighted by Gasteiger charge is -2.32. The molecule has 1 N–H and O–H groups in total. The van der Waals surface area contributed by atoms with Gasteiger partial charge in [0.2, 0.25) is 0 Å². The normalized spacial score (nSPS) is 15.6. The van der Waals surface area contributed by atoms with Crippen LogP contribution < -0.4 is 4.74 Å². The molecule has 0 bridgehead atoms. The first kappa shape index (κ1) is 23.7. The predicted molar refractivity (Wildman–Crippen MR) is 127 cm³/mol. The van der Waals surface area contributed by atoms with Gasteiger partial charge in [0.25, 0.3) is 0 Å². The Balaban J connectivity index is 2.31. The maximum absolute atomic E-state index is 11.1. The van der Waals surface area contributed by atoms with E-state index in [-0.39, 0.29) is 11.1 Å². The third-order valence-corrected chi connectivity index (χ3v) is 8.01. The van der Waals surface area contributed by atoms with Crippen LogP contribution in [-0.4, -0.2) is 18.7 Å². The van der Waals surface area contributed by atoms with Crippen molar-refractivity contribution in [1.29, 1.82) is 0 Å². The molecule has 2 aromatic carbocycles. The molecule has 2 rings (SSSR count). The van der Waals surface area contributed by atoms with E-state index < -0.39 is 8.32 Å². The summed E-state index contributed by atoms with van der Waals surface area (Å²) in [7, 11) is -2.35. The molecule has 3 atom stereocenters. The molecule has 29 heavy (non-hydrogen) atoms. The lowest BCUT2D eigenvalue weighted by atomic mass is 9.84. The number of ether oxygens (including phenoxy) is 1. The second kappa shape index (κ2) is 9.95. The van der Waals surface area contributed by atoms with Gasteiger partial charge in [-0.1, -0.05) is 62.7 Å². The van der Waals surface area contributed by atoms with Crippen molar-refractivity contribution in [3.63, 3.8) is 0 Å². The highest BCUT2D eigenvalue weighted by atomic mass is 28.4. The molecule has 0 aliphatic rings. The quantitative estimate of drug-likeness (QED) is 0.438. The van der Waals surface area contributed by atoms with Gasteiger partial charge in [-0.05, 0) is 81.8 Å². The van der Waals surface area contributed by atoms with Crippen LogP contribution >= 0.6 is 0 Å². The van der Waals surface area contributed by atoms with Gasteiger partial charge in [-0.25, -0.2) is 0 Å². The zero-order valence-corrected chi connectivity index (χ0v) is 20.4. The van der Waals surface area contributed by atoms with Crippen LogP contribution in [0, 0.1) is 5.92 Å². The predicted octanol–water partition coefficient (Wildman–Crippen LogP) is 7.29. The minimum absolute atomic E-state index is 0.192. The Morgan fingerprint density at radius 1 is 0.897 bits per heavy atom. The average molecular weight is 413 g/mol. The second-order valence-corrected chi connectivity index (χ2v) is 14.1. The van der Waals surface area contributed by atoms with Gasteiger partial charge in [0.15, 0.2) is 8.32 Å². The second-order valence-electron chi connectivity index (χ2n) is 10.1. The molecular formula is C26H40O2Si. The van der Waals surface area contributed by atoms with E-state index in [4.69, 9.17) is 4.74 Å². The number of hydrogen-bond acceptors (Lipinski definition) is 2. The zero-order valence-electron chi connectivity index (χ0n) is 19.4. The van der Waals surface area contributed by atoms with Gasteiger partial charge in [-0.2, -0.15) is 0 Å². The Labute approximate surface area is 179 Å². The smallest absolute Gasteiger partial charge is 0.189 e. The minimum Gasteiger partial charge on any atom is -0.488 e.